The van der Waals surface area contributed by atoms with Crippen molar-refractivity contribution in [3.8, 4) is 22.6 Å². The van der Waals surface area contributed by atoms with Crippen molar-refractivity contribution in [1.29, 1.82) is 0 Å². The zero-order valence-electron chi connectivity index (χ0n) is 20.9. The molecule has 0 aliphatic heterocycles. The van der Waals surface area contributed by atoms with Crippen LogP contribution >= 0.6 is 0 Å². The Labute approximate surface area is 205 Å². The maximum atomic E-state index is 12.7. The van der Waals surface area contributed by atoms with Crippen molar-refractivity contribution in [2.24, 2.45) is 0 Å². The van der Waals surface area contributed by atoms with Crippen molar-refractivity contribution in [2.75, 3.05) is 33.6 Å². The third kappa shape index (κ3) is 4.89. The number of aromatic nitrogens is 2. The summed E-state index contributed by atoms with van der Waals surface area (Å²) in [5.74, 6) is 2.59. The molecule has 1 amide bonds. The number of methoxy groups -OCH3 is 2. The SMILES string of the molecule is COc1cc2nc(C)nc(N[C@H](C)c3cccc(-c4ccccc4C(=O)N(C)C)c3)c2cc1OC. The fourth-order valence-corrected chi connectivity index (χ4v) is 4.11. The first-order valence-corrected chi connectivity index (χ1v) is 11.4. The lowest BCUT2D eigenvalue weighted by Crippen LogP contribution is -2.22. The van der Waals surface area contributed by atoms with E-state index in [2.05, 4.69) is 34.3 Å². The average molecular weight is 471 g/mol. The summed E-state index contributed by atoms with van der Waals surface area (Å²) in [5.41, 5.74) is 4.40. The molecule has 0 aliphatic rings. The molecular formula is C28H30N4O3. The monoisotopic (exact) mass is 470 g/mol. The van der Waals surface area contributed by atoms with Gasteiger partial charge in [0.15, 0.2) is 11.5 Å². The highest BCUT2D eigenvalue weighted by Gasteiger charge is 2.17. The maximum Gasteiger partial charge on any atom is 0.253 e. The molecule has 1 heterocycles. The molecule has 0 saturated carbocycles. The molecule has 180 valence electrons. The summed E-state index contributed by atoms with van der Waals surface area (Å²) < 4.78 is 10.9. The van der Waals surface area contributed by atoms with Gasteiger partial charge in [-0.15, -0.1) is 0 Å². The summed E-state index contributed by atoms with van der Waals surface area (Å²) in [6.07, 6.45) is 0. The molecule has 7 heteroatoms. The summed E-state index contributed by atoms with van der Waals surface area (Å²) in [7, 11) is 6.75. The Bertz CT molecular complexity index is 1380. The Balaban J connectivity index is 1.71. The minimum atomic E-state index is -0.0581. The van der Waals surface area contributed by atoms with Crippen LogP contribution in [0.3, 0.4) is 0 Å². The van der Waals surface area contributed by atoms with Crippen LogP contribution in [0.25, 0.3) is 22.0 Å². The summed E-state index contributed by atoms with van der Waals surface area (Å²) >= 11 is 0. The number of ether oxygens (including phenoxy) is 2. The van der Waals surface area contributed by atoms with Gasteiger partial charge in [0, 0.05) is 37.2 Å². The number of rotatable bonds is 7. The molecule has 4 rings (SSSR count). The minimum Gasteiger partial charge on any atom is -0.493 e. The van der Waals surface area contributed by atoms with E-state index in [0.29, 0.717) is 22.9 Å². The lowest BCUT2D eigenvalue weighted by molar-refractivity contribution is 0.0828. The molecule has 0 fully saturated rings. The third-order valence-electron chi connectivity index (χ3n) is 5.93. The molecule has 7 nitrogen and oxygen atoms in total. The number of anilines is 1. The maximum absolute atomic E-state index is 12.7. The quantitative estimate of drug-likeness (QED) is 0.385. The Morgan fingerprint density at radius 1 is 0.943 bits per heavy atom. The third-order valence-corrected chi connectivity index (χ3v) is 5.93. The van der Waals surface area contributed by atoms with Gasteiger partial charge in [-0.2, -0.15) is 0 Å². The van der Waals surface area contributed by atoms with Crippen molar-refractivity contribution in [2.45, 2.75) is 19.9 Å². The van der Waals surface area contributed by atoms with E-state index < -0.39 is 0 Å². The van der Waals surface area contributed by atoms with E-state index in [1.54, 1.807) is 33.2 Å². The van der Waals surface area contributed by atoms with Crippen molar-refractivity contribution < 1.29 is 14.3 Å². The van der Waals surface area contributed by atoms with Crippen LogP contribution in [-0.4, -0.2) is 49.1 Å². The molecule has 0 bridgehead atoms. The van der Waals surface area contributed by atoms with Gasteiger partial charge in [-0.1, -0.05) is 36.4 Å². The van der Waals surface area contributed by atoms with Gasteiger partial charge in [0.1, 0.15) is 11.6 Å². The van der Waals surface area contributed by atoms with E-state index in [1.165, 1.54) is 0 Å². The average Bonchev–Trinajstić information content (AvgIpc) is 2.87. The number of amides is 1. The van der Waals surface area contributed by atoms with Gasteiger partial charge in [-0.25, -0.2) is 9.97 Å². The standard InChI is InChI=1S/C28H30N4O3/c1-17(29-27-23-15-25(34-5)26(35-6)16-24(23)30-18(2)31-27)19-10-9-11-20(14-19)21-12-7-8-13-22(21)28(33)32(3)4/h7-17H,1-6H3,(H,29,30,31)/t17-/m1/s1. The summed E-state index contributed by atoms with van der Waals surface area (Å²) in [4.78, 5) is 23.6. The highest BCUT2D eigenvalue weighted by molar-refractivity contribution is 6.00. The first kappa shape index (κ1) is 24.0. The topological polar surface area (TPSA) is 76.6 Å². The second kappa shape index (κ2) is 10.0. The Morgan fingerprint density at radius 2 is 1.66 bits per heavy atom. The Hall–Kier alpha value is -4.13. The molecule has 0 aliphatic carbocycles. The molecular weight excluding hydrogens is 440 g/mol. The number of nitrogens with zero attached hydrogens (tertiary/aromatic N) is 3. The van der Waals surface area contributed by atoms with Gasteiger partial charge in [0.05, 0.1) is 19.7 Å². The van der Waals surface area contributed by atoms with Crippen LogP contribution in [0.5, 0.6) is 11.5 Å². The number of benzene rings is 3. The predicted octanol–water partition coefficient (Wildman–Crippen LogP) is 5.50. The van der Waals surface area contributed by atoms with Crippen LogP contribution in [0.15, 0.2) is 60.7 Å². The van der Waals surface area contributed by atoms with E-state index in [9.17, 15) is 4.79 Å². The normalized spacial score (nSPS) is 11.7. The van der Waals surface area contributed by atoms with Crippen LogP contribution < -0.4 is 14.8 Å². The van der Waals surface area contributed by atoms with Gasteiger partial charge >= 0.3 is 0 Å². The molecule has 0 unspecified atom stereocenters. The molecule has 0 radical (unpaired) electrons. The molecule has 1 N–H and O–H groups in total. The van der Waals surface area contributed by atoms with Gasteiger partial charge in [0.2, 0.25) is 0 Å². The first-order valence-electron chi connectivity index (χ1n) is 11.4. The van der Waals surface area contributed by atoms with E-state index in [-0.39, 0.29) is 11.9 Å². The van der Waals surface area contributed by atoms with Gasteiger partial charge in [0.25, 0.3) is 5.91 Å². The van der Waals surface area contributed by atoms with Crippen molar-refractivity contribution in [3.63, 3.8) is 0 Å². The molecule has 0 saturated heterocycles. The molecule has 1 aromatic heterocycles. The minimum absolute atomic E-state index is 0.0236. The number of hydrogen-bond donors (Lipinski definition) is 1. The van der Waals surface area contributed by atoms with Crippen molar-refractivity contribution in [1.82, 2.24) is 14.9 Å². The lowest BCUT2D eigenvalue weighted by Gasteiger charge is -2.19. The Morgan fingerprint density at radius 3 is 2.37 bits per heavy atom. The number of hydrogen-bond acceptors (Lipinski definition) is 6. The largest absolute Gasteiger partial charge is 0.493 e. The summed E-state index contributed by atoms with van der Waals surface area (Å²) in [5, 5.41) is 4.39. The Kier molecular flexibility index (Phi) is 6.87. The van der Waals surface area contributed by atoms with E-state index >= 15 is 0 Å². The second-order valence-corrected chi connectivity index (χ2v) is 8.58. The van der Waals surface area contributed by atoms with Gasteiger partial charge in [-0.3, -0.25) is 4.79 Å². The smallest absolute Gasteiger partial charge is 0.253 e. The van der Waals surface area contributed by atoms with Crippen LogP contribution in [0.2, 0.25) is 0 Å². The summed E-state index contributed by atoms with van der Waals surface area (Å²) in [6, 6.07) is 19.6. The van der Waals surface area contributed by atoms with E-state index in [4.69, 9.17) is 9.47 Å². The highest BCUT2D eigenvalue weighted by Crippen LogP contribution is 2.35. The first-order chi connectivity index (χ1) is 16.8. The predicted molar refractivity (Wildman–Crippen MR) is 139 cm³/mol. The molecule has 1 atom stereocenters. The van der Waals surface area contributed by atoms with Crippen LogP contribution in [0, 0.1) is 6.92 Å². The fourth-order valence-electron chi connectivity index (χ4n) is 4.11. The van der Waals surface area contributed by atoms with E-state index in [1.807, 2.05) is 55.5 Å². The zero-order valence-corrected chi connectivity index (χ0v) is 20.9. The molecule has 3 aromatic carbocycles. The number of carbonyl (C=O) groups excluding carboxylic acids is 1. The lowest BCUT2D eigenvalue weighted by atomic mass is 9.96. The van der Waals surface area contributed by atoms with Crippen molar-refractivity contribution in [3.05, 3.63) is 77.6 Å². The molecule has 35 heavy (non-hydrogen) atoms. The summed E-state index contributed by atoms with van der Waals surface area (Å²) in [6.45, 7) is 3.95. The van der Waals surface area contributed by atoms with Gasteiger partial charge < -0.3 is 19.7 Å². The van der Waals surface area contributed by atoms with Crippen molar-refractivity contribution >= 4 is 22.6 Å². The molecule has 0 spiro atoms. The second-order valence-electron chi connectivity index (χ2n) is 8.58. The van der Waals surface area contributed by atoms with Crippen LogP contribution in [0.4, 0.5) is 5.82 Å². The number of nitrogens with one attached hydrogen (secondary N) is 1. The molecule has 4 aromatic rings. The van der Waals surface area contributed by atoms with Crippen LogP contribution in [0.1, 0.15) is 34.7 Å². The fraction of sp³-hybridized carbons (Fsp3) is 0.250. The zero-order chi connectivity index (χ0) is 25.1. The number of carbonyl (C=O) groups is 1. The van der Waals surface area contributed by atoms with Gasteiger partial charge in [-0.05, 0) is 48.7 Å². The number of fused-ring (bicyclic) bond motifs is 1. The van der Waals surface area contributed by atoms with Crippen LogP contribution in [-0.2, 0) is 0 Å². The highest BCUT2D eigenvalue weighted by atomic mass is 16.5. The van der Waals surface area contributed by atoms with E-state index in [0.717, 1.165) is 33.4 Å². The number of aryl methyl sites for hydroxylation is 1.